The number of halogens is 2. The number of amides is 1. The molecular weight excluding hydrogens is 404 g/mol. The van der Waals surface area contributed by atoms with Crippen LogP contribution in [0.5, 0.6) is 0 Å². The molecule has 3 heterocycles. The van der Waals surface area contributed by atoms with Crippen LogP contribution in [-0.2, 0) is 0 Å². The molecule has 4 aromatic rings. The zero-order valence-electron chi connectivity index (χ0n) is 16.8. The van der Waals surface area contributed by atoms with Crippen molar-refractivity contribution < 1.29 is 18.0 Å². The van der Waals surface area contributed by atoms with E-state index in [0.717, 1.165) is 5.56 Å². The Morgan fingerprint density at radius 3 is 2.45 bits per heavy atom. The third-order valence-corrected chi connectivity index (χ3v) is 4.69. The average Bonchev–Trinajstić information content (AvgIpc) is 3.42. The maximum absolute atomic E-state index is 13.5. The van der Waals surface area contributed by atoms with E-state index in [4.69, 9.17) is 4.42 Å². The Hall–Kier alpha value is -3.88. The van der Waals surface area contributed by atoms with Crippen molar-refractivity contribution in [3.63, 3.8) is 0 Å². The summed E-state index contributed by atoms with van der Waals surface area (Å²) < 4.78 is 33.7. The highest BCUT2D eigenvalue weighted by atomic mass is 19.3. The quantitative estimate of drug-likeness (QED) is 0.459. The fourth-order valence-corrected chi connectivity index (χ4v) is 2.98. The van der Waals surface area contributed by atoms with Gasteiger partial charge < -0.3 is 9.73 Å². The molecule has 7 nitrogen and oxygen atoms in total. The summed E-state index contributed by atoms with van der Waals surface area (Å²) in [4.78, 5) is 20.6. The van der Waals surface area contributed by atoms with Crippen LogP contribution in [0.1, 0.15) is 47.9 Å². The van der Waals surface area contributed by atoms with Crippen LogP contribution in [0.15, 0.2) is 65.7 Å². The number of pyridine rings is 1. The van der Waals surface area contributed by atoms with Crippen molar-refractivity contribution in [2.45, 2.75) is 26.2 Å². The Bertz CT molecular complexity index is 1180. The number of hydrogen-bond acceptors (Lipinski definition) is 5. The number of benzene rings is 1. The number of carbonyl (C=O) groups is 1. The molecule has 1 N–H and O–H groups in total. The van der Waals surface area contributed by atoms with Gasteiger partial charge in [-0.15, -0.1) is 0 Å². The first-order valence-electron chi connectivity index (χ1n) is 9.57. The highest BCUT2D eigenvalue weighted by molar-refractivity contribution is 6.03. The number of alkyl halides is 2. The Morgan fingerprint density at radius 2 is 1.81 bits per heavy atom. The number of hydrogen-bond donors (Lipinski definition) is 1. The highest BCUT2D eigenvalue weighted by Gasteiger charge is 2.22. The third-order valence-electron chi connectivity index (χ3n) is 4.69. The lowest BCUT2D eigenvalue weighted by Gasteiger charge is -2.06. The molecule has 0 saturated carbocycles. The monoisotopic (exact) mass is 423 g/mol. The molecule has 158 valence electrons. The predicted octanol–water partition coefficient (Wildman–Crippen LogP) is 5.24. The third kappa shape index (κ3) is 4.35. The van der Waals surface area contributed by atoms with Gasteiger partial charge in [0.05, 0.1) is 17.6 Å². The number of oxazole rings is 1. The van der Waals surface area contributed by atoms with Gasteiger partial charge in [-0.05, 0) is 35.7 Å². The van der Waals surface area contributed by atoms with Gasteiger partial charge >= 0.3 is 0 Å². The van der Waals surface area contributed by atoms with Crippen LogP contribution >= 0.6 is 0 Å². The summed E-state index contributed by atoms with van der Waals surface area (Å²) in [6, 6.07) is 10.8. The number of anilines is 1. The molecule has 0 saturated heterocycles. The van der Waals surface area contributed by atoms with E-state index < -0.39 is 18.0 Å². The molecule has 0 bridgehead atoms. The minimum Gasteiger partial charge on any atom is -0.444 e. The van der Waals surface area contributed by atoms with Crippen molar-refractivity contribution in [1.82, 2.24) is 19.7 Å². The Morgan fingerprint density at radius 1 is 1.10 bits per heavy atom. The summed E-state index contributed by atoms with van der Waals surface area (Å²) >= 11 is 0. The van der Waals surface area contributed by atoms with E-state index in [1.54, 1.807) is 36.7 Å². The van der Waals surface area contributed by atoms with Gasteiger partial charge in [0, 0.05) is 18.0 Å². The molecule has 0 aliphatic heterocycles. The lowest BCUT2D eigenvalue weighted by atomic mass is 10.0. The van der Waals surface area contributed by atoms with Gasteiger partial charge in [0.15, 0.2) is 11.4 Å². The van der Waals surface area contributed by atoms with Gasteiger partial charge in [-0.1, -0.05) is 26.0 Å². The molecule has 0 aliphatic rings. The summed E-state index contributed by atoms with van der Waals surface area (Å²) in [5.41, 5.74) is 1.70. The molecule has 31 heavy (non-hydrogen) atoms. The molecule has 1 amide bonds. The molecule has 3 aromatic heterocycles. The van der Waals surface area contributed by atoms with Crippen LogP contribution < -0.4 is 5.32 Å². The molecule has 0 unspecified atom stereocenters. The van der Waals surface area contributed by atoms with Crippen LogP contribution in [0, 0.1) is 0 Å². The van der Waals surface area contributed by atoms with E-state index in [1.165, 1.54) is 17.1 Å². The van der Waals surface area contributed by atoms with Crippen molar-refractivity contribution >= 4 is 11.6 Å². The smallest absolute Gasteiger partial charge is 0.284 e. The van der Waals surface area contributed by atoms with Crippen molar-refractivity contribution in [2.75, 3.05) is 5.32 Å². The van der Waals surface area contributed by atoms with Crippen molar-refractivity contribution in [3.05, 3.63) is 78.2 Å². The molecule has 0 aliphatic carbocycles. The van der Waals surface area contributed by atoms with E-state index in [-0.39, 0.29) is 17.3 Å². The zero-order valence-corrected chi connectivity index (χ0v) is 16.8. The molecular formula is C22H19F2N5O2. The van der Waals surface area contributed by atoms with Gasteiger partial charge in [0.2, 0.25) is 5.89 Å². The summed E-state index contributed by atoms with van der Waals surface area (Å²) in [5.74, 6) is -0.110. The fourth-order valence-electron chi connectivity index (χ4n) is 2.98. The molecule has 0 fully saturated rings. The SMILES string of the molecule is CC(C)c1ccc(-n2cc(NC(=O)c3coc(-c4ccncc4)n3)c(C(F)F)n2)cc1. The molecule has 1 aromatic carbocycles. The number of aromatic nitrogens is 4. The van der Waals surface area contributed by atoms with Crippen molar-refractivity contribution in [2.24, 2.45) is 0 Å². The summed E-state index contributed by atoms with van der Waals surface area (Å²) in [7, 11) is 0. The Kier molecular flexibility index (Phi) is 5.57. The highest BCUT2D eigenvalue weighted by Crippen LogP contribution is 2.28. The van der Waals surface area contributed by atoms with E-state index in [2.05, 4.69) is 34.2 Å². The molecule has 0 spiro atoms. The van der Waals surface area contributed by atoms with Gasteiger partial charge in [0.1, 0.15) is 6.26 Å². The zero-order chi connectivity index (χ0) is 22.0. The lowest BCUT2D eigenvalue weighted by Crippen LogP contribution is -2.13. The predicted molar refractivity (Wildman–Crippen MR) is 110 cm³/mol. The second-order valence-electron chi connectivity index (χ2n) is 7.15. The second kappa shape index (κ2) is 8.47. The van der Waals surface area contributed by atoms with Gasteiger partial charge in [-0.3, -0.25) is 9.78 Å². The van der Waals surface area contributed by atoms with Crippen molar-refractivity contribution in [1.29, 1.82) is 0 Å². The molecule has 4 rings (SSSR count). The first-order chi connectivity index (χ1) is 14.9. The van der Waals surface area contributed by atoms with Crippen LogP contribution in [0.25, 0.3) is 17.1 Å². The topological polar surface area (TPSA) is 85.8 Å². The number of nitrogens with one attached hydrogen (secondary N) is 1. The minimum atomic E-state index is -2.86. The van der Waals surface area contributed by atoms with Gasteiger partial charge in [0.25, 0.3) is 12.3 Å². The summed E-state index contributed by atoms with van der Waals surface area (Å²) in [6.07, 6.45) is 2.79. The largest absolute Gasteiger partial charge is 0.444 e. The fraction of sp³-hybridized carbons (Fsp3) is 0.182. The van der Waals surface area contributed by atoms with Crippen molar-refractivity contribution in [3.8, 4) is 17.1 Å². The molecule has 0 radical (unpaired) electrons. The minimum absolute atomic E-state index is 0.0407. The number of carbonyl (C=O) groups excluding carboxylic acids is 1. The van der Waals surface area contributed by atoms with Gasteiger partial charge in [-0.25, -0.2) is 18.4 Å². The van der Waals surface area contributed by atoms with Crippen LogP contribution in [0.3, 0.4) is 0 Å². The maximum Gasteiger partial charge on any atom is 0.284 e. The average molecular weight is 423 g/mol. The Balaban J connectivity index is 1.58. The van der Waals surface area contributed by atoms with E-state index in [0.29, 0.717) is 17.2 Å². The molecule has 0 atom stereocenters. The normalized spacial score (nSPS) is 11.3. The van der Waals surface area contributed by atoms with Crippen LogP contribution in [0.2, 0.25) is 0 Å². The van der Waals surface area contributed by atoms with Crippen LogP contribution in [-0.4, -0.2) is 25.7 Å². The van der Waals surface area contributed by atoms with Crippen LogP contribution in [0.4, 0.5) is 14.5 Å². The summed E-state index contributed by atoms with van der Waals surface area (Å²) in [5, 5.41) is 6.41. The van der Waals surface area contributed by atoms with E-state index >= 15 is 0 Å². The maximum atomic E-state index is 13.5. The second-order valence-corrected chi connectivity index (χ2v) is 7.15. The number of nitrogens with zero attached hydrogens (tertiary/aromatic N) is 4. The number of rotatable bonds is 6. The standard InChI is InChI=1S/C22H19F2N5O2/c1-13(2)14-3-5-16(6-4-14)29-11-17(19(28-29)20(23)24)26-21(30)18-12-31-22(27-18)15-7-9-25-10-8-15/h3-13,20H,1-2H3,(H,26,30). The van der Waals surface area contributed by atoms with E-state index in [9.17, 15) is 13.6 Å². The first kappa shape index (κ1) is 20.4. The van der Waals surface area contributed by atoms with E-state index in [1.807, 2.05) is 12.1 Å². The van der Waals surface area contributed by atoms with Gasteiger partial charge in [-0.2, -0.15) is 5.10 Å². The molecule has 9 heteroatoms. The summed E-state index contributed by atoms with van der Waals surface area (Å²) in [6.45, 7) is 4.13. The lowest BCUT2D eigenvalue weighted by molar-refractivity contribution is 0.102. The Labute approximate surface area is 176 Å². The first-order valence-corrected chi connectivity index (χ1v) is 9.57.